The first-order valence-corrected chi connectivity index (χ1v) is 8.85. The number of benzene rings is 1. The second-order valence-electron chi connectivity index (χ2n) is 6.42. The molecular weight excluding hydrogens is 432 g/mol. The minimum atomic E-state index is -0.208. The van der Waals surface area contributed by atoms with Crippen LogP contribution in [0.2, 0.25) is 0 Å². The molecule has 0 aromatic heterocycles. The SMILES string of the molecule is CCNC(=NCC(C)(C)c1ccc(F)cc1)NCCCCOCC.I. The second-order valence-corrected chi connectivity index (χ2v) is 6.42. The molecule has 2 N–H and O–H groups in total. The third-order valence-corrected chi connectivity index (χ3v) is 3.81. The number of nitrogens with one attached hydrogen (secondary N) is 2. The van der Waals surface area contributed by atoms with Crippen LogP contribution in [0, 0.1) is 5.82 Å². The fourth-order valence-corrected chi connectivity index (χ4v) is 2.29. The molecule has 0 heterocycles. The van der Waals surface area contributed by atoms with Gasteiger partial charge in [0.05, 0.1) is 6.54 Å². The molecule has 0 aliphatic rings. The van der Waals surface area contributed by atoms with Crippen molar-refractivity contribution in [3.63, 3.8) is 0 Å². The van der Waals surface area contributed by atoms with E-state index in [4.69, 9.17) is 4.74 Å². The van der Waals surface area contributed by atoms with Crippen LogP contribution in [0.25, 0.3) is 0 Å². The Labute approximate surface area is 169 Å². The number of hydrogen-bond acceptors (Lipinski definition) is 2. The highest BCUT2D eigenvalue weighted by Gasteiger charge is 2.20. The Bertz CT molecular complexity index is 492. The molecule has 1 aromatic carbocycles. The molecule has 0 radical (unpaired) electrons. The van der Waals surface area contributed by atoms with Crippen LogP contribution in [0.5, 0.6) is 0 Å². The van der Waals surface area contributed by atoms with E-state index in [2.05, 4.69) is 36.4 Å². The van der Waals surface area contributed by atoms with Gasteiger partial charge in [-0.25, -0.2) is 4.39 Å². The van der Waals surface area contributed by atoms with Crippen molar-refractivity contribution in [2.45, 2.75) is 46.0 Å². The zero-order chi connectivity index (χ0) is 17.8. The highest BCUT2D eigenvalue weighted by Crippen LogP contribution is 2.23. The Hall–Kier alpha value is -0.890. The first-order chi connectivity index (χ1) is 11.5. The minimum absolute atomic E-state index is 0. The van der Waals surface area contributed by atoms with Gasteiger partial charge in [-0.3, -0.25) is 4.99 Å². The number of rotatable bonds is 10. The maximum absolute atomic E-state index is 13.1. The number of halogens is 2. The maximum atomic E-state index is 13.1. The lowest BCUT2D eigenvalue weighted by Crippen LogP contribution is -2.39. The van der Waals surface area contributed by atoms with E-state index in [1.54, 1.807) is 0 Å². The summed E-state index contributed by atoms with van der Waals surface area (Å²) in [6.45, 7) is 12.2. The second kappa shape index (κ2) is 13.3. The predicted octanol–water partition coefficient (Wildman–Crippen LogP) is 4.09. The molecule has 0 aliphatic heterocycles. The summed E-state index contributed by atoms with van der Waals surface area (Å²) in [5.74, 6) is 0.615. The van der Waals surface area contributed by atoms with E-state index in [1.165, 1.54) is 12.1 Å². The average Bonchev–Trinajstić information content (AvgIpc) is 2.56. The molecule has 0 bridgehead atoms. The first-order valence-electron chi connectivity index (χ1n) is 8.85. The van der Waals surface area contributed by atoms with Gasteiger partial charge in [0.25, 0.3) is 0 Å². The van der Waals surface area contributed by atoms with Gasteiger partial charge < -0.3 is 15.4 Å². The molecule has 0 unspecified atom stereocenters. The van der Waals surface area contributed by atoms with Gasteiger partial charge in [-0.1, -0.05) is 26.0 Å². The Morgan fingerprint density at radius 2 is 1.80 bits per heavy atom. The molecular formula is C19H33FIN3O. The highest BCUT2D eigenvalue weighted by molar-refractivity contribution is 14.0. The summed E-state index contributed by atoms with van der Waals surface area (Å²) in [4.78, 5) is 4.69. The van der Waals surface area contributed by atoms with Crippen molar-refractivity contribution in [1.82, 2.24) is 10.6 Å². The van der Waals surface area contributed by atoms with Crippen LogP contribution in [0.1, 0.15) is 46.1 Å². The molecule has 4 nitrogen and oxygen atoms in total. The van der Waals surface area contributed by atoms with E-state index in [-0.39, 0.29) is 35.2 Å². The quantitative estimate of drug-likeness (QED) is 0.237. The minimum Gasteiger partial charge on any atom is -0.382 e. The van der Waals surface area contributed by atoms with E-state index in [0.29, 0.717) is 6.54 Å². The summed E-state index contributed by atoms with van der Waals surface area (Å²) in [5.41, 5.74) is 0.936. The van der Waals surface area contributed by atoms with E-state index in [1.807, 2.05) is 19.1 Å². The van der Waals surface area contributed by atoms with Crippen molar-refractivity contribution in [3.8, 4) is 0 Å². The summed E-state index contributed by atoms with van der Waals surface area (Å²) in [6.07, 6.45) is 2.09. The van der Waals surface area contributed by atoms with Gasteiger partial charge in [-0.15, -0.1) is 24.0 Å². The highest BCUT2D eigenvalue weighted by atomic mass is 127. The van der Waals surface area contributed by atoms with Crippen LogP contribution < -0.4 is 10.6 Å². The zero-order valence-electron chi connectivity index (χ0n) is 15.9. The number of unbranched alkanes of at least 4 members (excludes halogenated alkanes) is 1. The molecule has 144 valence electrons. The van der Waals surface area contributed by atoms with Crippen molar-refractivity contribution in [2.75, 3.05) is 32.8 Å². The Kier molecular flexibility index (Phi) is 12.9. The van der Waals surface area contributed by atoms with E-state index >= 15 is 0 Å². The van der Waals surface area contributed by atoms with Gasteiger partial charge in [-0.05, 0) is 44.4 Å². The molecule has 0 fully saturated rings. The van der Waals surface area contributed by atoms with E-state index < -0.39 is 0 Å². The van der Waals surface area contributed by atoms with Crippen molar-refractivity contribution < 1.29 is 9.13 Å². The molecule has 0 amide bonds. The van der Waals surface area contributed by atoms with Gasteiger partial charge in [0, 0.05) is 31.7 Å². The number of hydrogen-bond donors (Lipinski definition) is 2. The molecule has 0 spiro atoms. The van der Waals surface area contributed by atoms with Crippen LogP contribution in [0.15, 0.2) is 29.3 Å². The number of nitrogens with zero attached hydrogens (tertiary/aromatic N) is 1. The molecule has 1 rings (SSSR count). The smallest absolute Gasteiger partial charge is 0.191 e. The third-order valence-electron chi connectivity index (χ3n) is 3.81. The molecule has 0 saturated carbocycles. The monoisotopic (exact) mass is 465 g/mol. The fourth-order valence-electron chi connectivity index (χ4n) is 2.29. The summed E-state index contributed by atoms with van der Waals surface area (Å²) in [6, 6.07) is 6.67. The largest absolute Gasteiger partial charge is 0.382 e. The predicted molar refractivity (Wildman–Crippen MR) is 115 cm³/mol. The standard InChI is InChI=1S/C19H32FN3O.HI/c1-5-21-18(22-13-7-8-14-24-6-2)23-15-19(3,4)16-9-11-17(20)12-10-16;/h9-12H,5-8,13-15H2,1-4H3,(H2,21,22,23);1H. The number of guanidine groups is 1. The number of aliphatic imine (C=N–C) groups is 1. The summed E-state index contributed by atoms with van der Waals surface area (Å²) >= 11 is 0. The Morgan fingerprint density at radius 1 is 1.12 bits per heavy atom. The van der Waals surface area contributed by atoms with Crippen LogP contribution in [0.4, 0.5) is 4.39 Å². The van der Waals surface area contributed by atoms with Crippen LogP contribution >= 0.6 is 24.0 Å². The third kappa shape index (κ3) is 9.99. The molecule has 25 heavy (non-hydrogen) atoms. The molecule has 1 aromatic rings. The van der Waals surface area contributed by atoms with Crippen LogP contribution in [0.3, 0.4) is 0 Å². The Balaban J connectivity index is 0.00000576. The zero-order valence-corrected chi connectivity index (χ0v) is 18.2. The van der Waals surface area contributed by atoms with Crippen molar-refractivity contribution in [1.29, 1.82) is 0 Å². The van der Waals surface area contributed by atoms with Crippen molar-refractivity contribution in [3.05, 3.63) is 35.6 Å². The maximum Gasteiger partial charge on any atom is 0.191 e. The lowest BCUT2D eigenvalue weighted by molar-refractivity contribution is 0.143. The molecule has 0 saturated heterocycles. The lowest BCUT2D eigenvalue weighted by atomic mass is 9.85. The average molecular weight is 465 g/mol. The fraction of sp³-hybridized carbons (Fsp3) is 0.632. The lowest BCUT2D eigenvalue weighted by Gasteiger charge is -2.24. The number of ether oxygens (including phenoxy) is 1. The van der Waals surface area contributed by atoms with Crippen molar-refractivity contribution in [2.24, 2.45) is 4.99 Å². The normalized spacial score (nSPS) is 11.8. The topological polar surface area (TPSA) is 45.7 Å². The summed E-state index contributed by atoms with van der Waals surface area (Å²) in [5, 5.41) is 6.62. The van der Waals surface area contributed by atoms with Gasteiger partial charge in [0.15, 0.2) is 5.96 Å². The Morgan fingerprint density at radius 3 is 2.40 bits per heavy atom. The molecule has 6 heteroatoms. The molecule has 0 atom stereocenters. The van der Waals surface area contributed by atoms with Gasteiger partial charge in [-0.2, -0.15) is 0 Å². The van der Waals surface area contributed by atoms with Crippen molar-refractivity contribution >= 4 is 29.9 Å². The first kappa shape index (κ1) is 24.1. The van der Waals surface area contributed by atoms with E-state index in [9.17, 15) is 4.39 Å². The molecule has 0 aliphatic carbocycles. The summed E-state index contributed by atoms with van der Waals surface area (Å²) in [7, 11) is 0. The van der Waals surface area contributed by atoms with Crippen LogP contribution in [-0.4, -0.2) is 38.8 Å². The van der Waals surface area contributed by atoms with E-state index in [0.717, 1.165) is 50.7 Å². The van der Waals surface area contributed by atoms with Crippen LogP contribution in [-0.2, 0) is 10.2 Å². The van der Waals surface area contributed by atoms with Gasteiger partial charge >= 0.3 is 0 Å². The summed E-state index contributed by atoms with van der Waals surface area (Å²) < 4.78 is 18.4. The van der Waals surface area contributed by atoms with Gasteiger partial charge in [0.2, 0.25) is 0 Å². The van der Waals surface area contributed by atoms with Gasteiger partial charge in [0.1, 0.15) is 5.82 Å².